The van der Waals surface area contributed by atoms with E-state index in [9.17, 15) is 5.11 Å². The number of rotatable bonds is 7. The summed E-state index contributed by atoms with van der Waals surface area (Å²) in [4.78, 5) is 2.40. The molecule has 1 saturated heterocycles. The molecule has 0 aliphatic carbocycles. The van der Waals surface area contributed by atoms with E-state index in [1.165, 1.54) is 19.3 Å². The number of morpholine rings is 1. The first kappa shape index (κ1) is 14.9. The van der Waals surface area contributed by atoms with Crippen LogP contribution < -0.4 is 0 Å². The number of nitrogens with zero attached hydrogens (tertiary/aromatic N) is 1. The fourth-order valence-corrected chi connectivity index (χ4v) is 2.66. The molecule has 102 valence electrons. The van der Waals surface area contributed by atoms with Gasteiger partial charge in [0.25, 0.3) is 0 Å². The van der Waals surface area contributed by atoms with Crippen LogP contribution in [0, 0.1) is 5.92 Å². The Hall–Kier alpha value is -0.120. The van der Waals surface area contributed by atoms with Gasteiger partial charge in [-0.3, -0.25) is 4.90 Å². The van der Waals surface area contributed by atoms with Gasteiger partial charge in [0.2, 0.25) is 0 Å². The summed E-state index contributed by atoms with van der Waals surface area (Å²) in [6, 6.07) is 0. The first-order valence-electron chi connectivity index (χ1n) is 7.19. The third-order valence-electron chi connectivity index (χ3n) is 3.57. The van der Waals surface area contributed by atoms with Crippen LogP contribution in [0.3, 0.4) is 0 Å². The summed E-state index contributed by atoms with van der Waals surface area (Å²) < 4.78 is 5.70. The minimum Gasteiger partial charge on any atom is -0.390 e. The fourth-order valence-electron chi connectivity index (χ4n) is 2.66. The lowest BCUT2D eigenvalue weighted by atomic mass is 9.95. The van der Waals surface area contributed by atoms with E-state index in [0.717, 1.165) is 32.7 Å². The quantitative estimate of drug-likeness (QED) is 0.744. The van der Waals surface area contributed by atoms with E-state index in [0.29, 0.717) is 5.92 Å². The Morgan fingerprint density at radius 3 is 2.76 bits per heavy atom. The van der Waals surface area contributed by atoms with Crippen LogP contribution in [-0.4, -0.2) is 48.5 Å². The molecule has 0 aromatic heterocycles. The molecule has 0 radical (unpaired) electrons. The average Bonchev–Trinajstić information content (AvgIpc) is 2.30. The molecule has 0 aromatic rings. The van der Waals surface area contributed by atoms with Crippen molar-refractivity contribution in [3.05, 3.63) is 0 Å². The first-order valence-corrected chi connectivity index (χ1v) is 7.19. The Balaban J connectivity index is 2.32. The summed E-state index contributed by atoms with van der Waals surface area (Å²) >= 11 is 0. The SMILES string of the molecule is CCCC(C)CC(O)C1CN(CCC)CCO1. The van der Waals surface area contributed by atoms with Gasteiger partial charge in [0.1, 0.15) is 0 Å². The van der Waals surface area contributed by atoms with Crippen molar-refractivity contribution >= 4 is 0 Å². The molecule has 0 spiro atoms. The van der Waals surface area contributed by atoms with E-state index in [1.54, 1.807) is 0 Å². The van der Waals surface area contributed by atoms with Crippen molar-refractivity contribution in [3.63, 3.8) is 0 Å². The summed E-state index contributed by atoms with van der Waals surface area (Å²) in [6.45, 7) is 10.4. The second-order valence-electron chi connectivity index (χ2n) is 5.41. The molecule has 1 heterocycles. The minimum absolute atomic E-state index is 0.0228. The van der Waals surface area contributed by atoms with Gasteiger partial charge in [-0.15, -0.1) is 0 Å². The summed E-state index contributed by atoms with van der Waals surface area (Å²) in [5.41, 5.74) is 0. The molecule has 1 fully saturated rings. The van der Waals surface area contributed by atoms with E-state index < -0.39 is 0 Å². The van der Waals surface area contributed by atoms with Crippen molar-refractivity contribution in [2.45, 2.75) is 58.7 Å². The molecular formula is C14H29NO2. The average molecular weight is 243 g/mol. The van der Waals surface area contributed by atoms with Gasteiger partial charge in [0, 0.05) is 13.1 Å². The third kappa shape index (κ3) is 5.36. The topological polar surface area (TPSA) is 32.7 Å². The molecule has 3 atom stereocenters. The Morgan fingerprint density at radius 2 is 2.12 bits per heavy atom. The Morgan fingerprint density at radius 1 is 1.35 bits per heavy atom. The van der Waals surface area contributed by atoms with Gasteiger partial charge >= 0.3 is 0 Å². The van der Waals surface area contributed by atoms with E-state index in [2.05, 4.69) is 25.7 Å². The van der Waals surface area contributed by atoms with E-state index in [1.807, 2.05) is 0 Å². The van der Waals surface area contributed by atoms with Gasteiger partial charge < -0.3 is 9.84 Å². The van der Waals surface area contributed by atoms with E-state index in [4.69, 9.17) is 4.74 Å². The maximum Gasteiger partial charge on any atom is 0.0961 e. The van der Waals surface area contributed by atoms with Gasteiger partial charge in [-0.2, -0.15) is 0 Å². The molecule has 0 amide bonds. The molecule has 0 saturated carbocycles. The Labute approximate surface area is 106 Å². The zero-order chi connectivity index (χ0) is 12.7. The van der Waals surface area contributed by atoms with Gasteiger partial charge in [0.05, 0.1) is 18.8 Å². The van der Waals surface area contributed by atoms with Gasteiger partial charge in [0.15, 0.2) is 0 Å². The highest BCUT2D eigenvalue weighted by Gasteiger charge is 2.27. The number of aliphatic hydroxyl groups is 1. The maximum absolute atomic E-state index is 10.2. The van der Waals surface area contributed by atoms with Crippen molar-refractivity contribution in [1.82, 2.24) is 4.90 Å². The summed E-state index contributed by atoms with van der Waals surface area (Å²) in [6.07, 6.45) is 4.17. The third-order valence-corrected chi connectivity index (χ3v) is 3.57. The molecule has 17 heavy (non-hydrogen) atoms. The number of hydrogen-bond acceptors (Lipinski definition) is 3. The van der Waals surface area contributed by atoms with Crippen LogP contribution in [-0.2, 0) is 4.74 Å². The van der Waals surface area contributed by atoms with Crippen LogP contribution in [0.2, 0.25) is 0 Å². The number of hydrogen-bond donors (Lipinski definition) is 1. The predicted octanol–water partition coefficient (Wildman–Crippen LogP) is 2.28. The zero-order valence-corrected chi connectivity index (χ0v) is 11.7. The predicted molar refractivity (Wildman–Crippen MR) is 71.2 cm³/mol. The van der Waals surface area contributed by atoms with E-state index in [-0.39, 0.29) is 12.2 Å². The summed E-state index contributed by atoms with van der Waals surface area (Å²) in [7, 11) is 0. The zero-order valence-electron chi connectivity index (χ0n) is 11.7. The van der Waals surface area contributed by atoms with Crippen molar-refractivity contribution in [2.75, 3.05) is 26.2 Å². The number of aliphatic hydroxyl groups excluding tert-OH is 1. The summed E-state index contributed by atoms with van der Waals surface area (Å²) in [5, 5.41) is 10.2. The van der Waals surface area contributed by atoms with Crippen LogP contribution in [0.15, 0.2) is 0 Å². The minimum atomic E-state index is -0.295. The Bertz CT molecular complexity index is 197. The molecule has 0 bridgehead atoms. The molecule has 3 heteroatoms. The normalized spacial score (nSPS) is 25.8. The van der Waals surface area contributed by atoms with Crippen molar-refractivity contribution in [3.8, 4) is 0 Å². The van der Waals surface area contributed by atoms with Gasteiger partial charge in [-0.25, -0.2) is 0 Å². The van der Waals surface area contributed by atoms with Crippen molar-refractivity contribution in [2.24, 2.45) is 5.92 Å². The van der Waals surface area contributed by atoms with Gasteiger partial charge in [-0.1, -0.05) is 33.6 Å². The molecule has 1 aliphatic heterocycles. The second kappa shape index (κ2) is 8.06. The highest BCUT2D eigenvalue weighted by molar-refractivity contribution is 4.78. The molecule has 3 nitrogen and oxygen atoms in total. The fraction of sp³-hybridized carbons (Fsp3) is 1.00. The maximum atomic E-state index is 10.2. The molecule has 1 rings (SSSR count). The highest BCUT2D eigenvalue weighted by Crippen LogP contribution is 2.18. The molecular weight excluding hydrogens is 214 g/mol. The summed E-state index contributed by atoms with van der Waals surface area (Å²) in [5.74, 6) is 0.597. The highest BCUT2D eigenvalue weighted by atomic mass is 16.5. The first-order chi connectivity index (χ1) is 8.17. The van der Waals surface area contributed by atoms with Crippen LogP contribution in [0.5, 0.6) is 0 Å². The van der Waals surface area contributed by atoms with Gasteiger partial charge in [-0.05, 0) is 25.3 Å². The second-order valence-corrected chi connectivity index (χ2v) is 5.41. The van der Waals surface area contributed by atoms with E-state index >= 15 is 0 Å². The lowest BCUT2D eigenvalue weighted by molar-refractivity contribution is -0.0936. The van der Waals surface area contributed by atoms with Crippen molar-refractivity contribution in [1.29, 1.82) is 0 Å². The smallest absolute Gasteiger partial charge is 0.0961 e. The van der Waals surface area contributed by atoms with Crippen LogP contribution in [0.25, 0.3) is 0 Å². The molecule has 1 aliphatic rings. The van der Waals surface area contributed by atoms with Crippen LogP contribution in [0.4, 0.5) is 0 Å². The van der Waals surface area contributed by atoms with Crippen LogP contribution in [0.1, 0.15) is 46.5 Å². The Kier molecular flexibility index (Phi) is 7.09. The molecule has 0 aromatic carbocycles. The van der Waals surface area contributed by atoms with Crippen molar-refractivity contribution < 1.29 is 9.84 Å². The van der Waals surface area contributed by atoms with Crippen LogP contribution >= 0.6 is 0 Å². The molecule has 1 N–H and O–H groups in total. The monoisotopic (exact) mass is 243 g/mol. The number of ether oxygens (including phenoxy) is 1. The molecule has 3 unspecified atom stereocenters. The lowest BCUT2D eigenvalue weighted by Crippen LogP contribution is -2.48. The largest absolute Gasteiger partial charge is 0.390 e. The standard InChI is InChI=1S/C14H29NO2/c1-4-6-12(3)10-13(16)14-11-15(7-5-2)8-9-17-14/h12-14,16H,4-11H2,1-3H3. The lowest BCUT2D eigenvalue weighted by Gasteiger charge is -2.35.